The quantitative estimate of drug-likeness (QED) is 0.518. The molecule has 7 heteroatoms. The smallest absolute Gasteiger partial charge is 0.337 e. The van der Waals surface area contributed by atoms with Crippen molar-refractivity contribution in [1.29, 1.82) is 0 Å². The van der Waals surface area contributed by atoms with Crippen LogP contribution in [0.5, 0.6) is 0 Å². The number of esters is 1. The number of nitro benzene ring substituents is 1. The molecule has 2 rings (SSSR count). The summed E-state index contributed by atoms with van der Waals surface area (Å²) in [6.45, 7) is 1.85. The fourth-order valence-electron chi connectivity index (χ4n) is 2.56. The van der Waals surface area contributed by atoms with Crippen molar-refractivity contribution in [1.82, 2.24) is 4.90 Å². The second-order valence-corrected chi connectivity index (χ2v) is 5.23. The summed E-state index contributed by atoms with van der Waals surface area (Å²) in [5, 5.41) is 14.3. The summed E-state index contributed by atoms with van der Waals surface area (Å²) in [6.07, 6.45) is 1.99. The average Bonchev–Trinajstić information content (AvgIpc) is 2.46. The van der Waals surface area contributed by atoms with Gasteiger partial charge in [-0.3, -0.25) is 10.1 Å². The van der Waals surface area contributed by atoms with Crippen molar-refractivity contribution in [2.45, 2.75) is 18.9 Å². The van der Waals surface area contributed by atoms with Gasteiger partial charge in [0.25, 0.3) is 5.69 Å². The van der Waals surface area contributed by atoms with E-state index in [1.165, 1.54) is 25.3 Å². The minimum Gasteiger partial charge on any atom is -0.465 e. The summed E-state index contributed by atoms with van der Waals surface area (Å²) in [7, 11) is 3.31. The Kier molecular flexibility index (Phi) is 4.74. The van der Waals surface area contributed by atoms with Crippen molar-refractivity contribution in [2.24, 2.45) is 0 Å². The first-order chi connectivity index (χ1) is 10.0. The summed E-state index contributed by atoms with van der Waals surface area (Å²) in [4.78, 5) is 24.4. The van der Waals surface area contributed by atoms with Gasteiger partial charge in [-0.2, -0.15) is 0 Å². The molecule has 21 heavy (non-hydrogen) atoms. The van der Waals surface area contributed by atoms with Crippen LogP contribution in [0.4, 0.5) is 11.4 Å². The van der Waals surface area contributed by atoms with Crippen molar-refractivity contribution in [3.8, 4) is 0 Å². The van der Waals surface area contributed by atoms with Crippen molar-refractivity contribution in [3.63, 3.8) is 0 Å². The Morgan fingerprint density at radius 1 is 1.52 bits per heavy atom. The molecular weight excluding hydrogens is 274 g/mol. The third kappa shape index (κ3) is 3.69. The maximum absolute atomic E-state index is 11.6. The molecule has 1 atom stereocenters. The minimum absolute atomic E-state index is 0.0316. The van der Waals surface area contributed by atoms with Crippen LogP contribution < -0.4 is 5.32 Å². The number of piperidine rings is 1. The van der Waals surface area contributed by atoms with Crippen molar-refractivity contribution in [2.75, 3.05) is 32.6 Å². The lowest BCUT2D eigenvalue weighted by Gasteiger charge is -2.30. The molecule has 1 fully saturated rings. The van der Waals surface area contributed by atoms with Crippen LogP contribution >= 0.6 is 0 Å². The highest BCUT2D eigenvalue weighted by Crippen LogP contribution is 2.27. The SMILES string of the molecule is COC(=O)c1ccc([N+](=O)[O-])c(NC2CCCN(C)C2)c1. The van der Waals surface area contributed by atoms with Crippen LogP contribution in [0.2, 0.25) is 0 Å². The number of nitrogens with one attached hydrogen (secondary N) is 1. The molecule has 0 aromatic heterocycles. The summed E-state index contributed by atoms with van der Waals surface area (Å²) in [5.74, 6) is -0.506. The molecule has 0 bridgehead atoms. The van der Waals surface area contributed by atoms with E-state index in [0.29, 0.717) is 11.3 Å². The molecule has 1 heterocycles. The number of hydrogen-bond acceptors (Lipinski definition) is 6. The van der Waals surface area contributed by atoms with Crippen molar-refractivity contribution in [3.05, 3.63) is 33.9 Å². The Labute approximate surface area is 123 Å². The van der Waals surface area contributed by atoms with Crippen LogP contribution in [-0.2, 0) is 4.74 Å². The Hall–Kier alpha value is -2.15. The standard InChI is InChI=1S/C14H19N3O4/c1-16-7-3-4-11(9-16)15-12-8-10(14(18)21-2)5-6-13(12)17(19)20/h5-6,8,11,15H,3-4,7,9H2,1-2H3. The van der Waals surface area contributed by atoms with Gasteiger partial charge in [0.2, 0.25) is 0 Å². The molecule has 1 aromatic carbocycles. The zero-order valence-corrected chi connectivity index (χ0v) is 12.2. The zero-order valence-electron chi connectivity index (χ0n) is 12.2. The molecular formula is C14H19N3O4. The molecule has 0 amide bonds. The Bertz CT molecular complexity index is 547. The van der Waals surface area contributed by atoms with Gasteiger partial charge in [-0.1, -0.05) is 0 Å². The van der Waals surface area contributed by atoms with Crippen molar-refractivity contribution >= 4 is 17.3 Å². The third-order valence-electron chi connectivity index (χ3n) is 3.60. The second kappa shape index (κ2) is 6.53. The largest absolute Gasteiger partial charge is 0.465 e. The first-order valence-corrected chi connectivity index (χ1v) is 6.83. The highest BCUT2D eigenvalue weighted by Gasteiger charge is 2.22. The van der Waals surface area contributed by atoms with Crippen LogP contribution in [0.1, 0.15) is 23.2 Å². The number of carbonyl (C=O) groups excluding carboxylic acids is 1. The van der Waals surface area contributed by atoms with E-state index in [-0.39, 0.29) is 11.7 Å². The van der Waals surface area contributed by atoms with E-state index in [0.717, 1.165) is 25.9 Å². The molecule has 0 saturated carbocycles. The molecule has 1 aliphatic rings. The molecule has 114 valence electrons. The van der Waals surface area contributed by atoms with E-state index in [4.69, 9.17) is 0 Å². The number of anilines is 1. The van der Waals surface area contributed by atoms with E-state index in [9.17, 15) is 14.9 Å². The number of likely N-dealkylation sites (tertiary alicyclic amines) is 1. The van der Waals surface area contributed by atoms with Crippen LogP contribution in [0.15, 0.2) is 18.2 Å². The maximum Gasteiger partial charge on any atom is 0.337 e. The molecule has 1 saturated heterocycles. The van der Waals surface area contributed by atoms with Crippen LogP contribution in [0, 0.1) is 10.1 Å². The molecule has 0 radical (unpaired) electrons. The molecule has 1 unspecified atom stereocenters. The zero-order chi connectivity index (χ0) is 15.4. The summed E-state index contributed by atoms with van der Waals surface area (Å²) < 4.78 is 4.65. The molecule has 7 nitrogen and oxygen atoms in total. The van der Waals surface area contributed by atoms with Gasteiger partial charge in [0, 0.05) is 18.7 Å². The maximum atomic E-state index is 11.6. The van der Waals surface area contributed by atoms with Gasteiger partial charge in [0.15, 0.2) is 0 Å². The van der Waals surface area contributed by atoms with E-state index >= 15 is 0 Å². The van der Waals surface area contributed by atoms with Gasteiger partial charge in [0.05, 0.1) is 17.6 Å². The Morgan fingerprint density at radius 2 is 2.29 bits per heavy atom. The lowest BCUT2D eigenvalue weighted by molar-refractivity contribution is -0.384. The average molecular weight is 293 g/mol. The third-order valence-corrected chi connectivity index (χ3v) is 3.60. The van der Waals surface area contributed by atoms with Gasteiger partial charge in [-0.05, 0) is 38.6 Å². The van der Waals surface area contributed by atoms with E-state index < -0.39 is 10.9 Å². The first-order valence-electron chi connectivity index (χ1n) is 6.83. The second-order valence-electron chi connectivity index (χ2n) is 5.23. The lowest BCUT2D eigenvalue weighted by Crippen LogP contribution is -2.39. The van der Waals surface area contributed by atoms with Crippen LogP contribution in [0.25, 0.3) is 0 Å². The minimum atomic E-state index is -0.506. The summed E-state index contributed by atoms with van der Waals surface area (Å²) >= 11 is 0. The van der Waals surface area contributed by atoms with Gasteiger partial charge in [-0.25, -0.2) is 4.79 Å². The number of nitrogens with zero attached hydrogens (tertiary/aromatic N) is 2. The monoisotopic (exact) mass is 293 g/mol. The lowest BCUT2D eigenvalue weighted by atomic mass is 10.1. The highest BCUT2D eigenvalue weighted by atomic mass is 16.6. The van der Waals surface area contributed by atoms with Gasteiger partial charge in [0.1, 0.15) is 5.69 Å². The molecule has 1 aliphatic heterocycles. The van der Waals surface area contributed by atoms with Crippen LogP contribution in [-0.4, -0.2) is 49.1 Å². The number of likely N-dealkylation sites (N-methyl/N-ethyl adjacent to an activating group) is 1. The van der Waals surface area contributed by atoms with Crippen LogP contribution in [0.3, 0.4) is 0 Å². The predicted octanol–water partition coefficient (Wildman–Crippen LogP) is 1.89. The normalized spacial score (nSPS) is 19.0. The van der Waals surface area contributed by atoms with Gasteiger partial charge in [-0.15, -0.1) is 0 Å². The number of benzene rings is 1. The van der Waals surface area contributed by atoms with E-state index in [1.807, 2.05) is 7.05 Å². The van der Waals surface area contributed by atoms with E-state index in [2.05, 4.69) is 15.0 Å². The summed E-state index contributed by atoms with van der Waals surface area (Å²) in [5.41, 5.74) is 0.633. The number of rotatable bonds is 4. The molecule has 1 N–H and O–H groups in total. The molecule has 0 spiro atoms. The van der Waals surface area contributed by atoms with Crippen molar-refractivity contribution < 1.29 is 14.5 Å². The number of hydrogen-bond donors (Lipinski definition) is 1. The summed E-state index contributed by atoms with van der Waals surface area (Å²) in [6, 6.07) is 4.36. The first kappa shape index (κ1) is 15.2. The Balaban J connectivity index is 2.25. The number of carbonyl (C=O) groups is 1. The number of ether oxygens (including phenoxy) is 1. The topological polar surface area (TPSA) is 84.7 Å². The number of nitro groups is 1. The molecule has 0 aliphatic carbocycles. The van der Waals surface area contributed by atoms with Gasteiger partial charge < -0.3 is 15.0 Å². The predicted molar refractivity (Wildman–Crippen MR) is 78.6 cm³/mol. The highest BCUT2D eigenvalue weighted by molar-refractivity contribution is 5.91. The van der Waals surface area contributed by atoms with E-state index in [1.54, 1.807) is 0 Å². The fraction of sp³-hybridized carbons (Fsp3) is 0.500. The molecule has 1 aromatic rings. The fourth-order valence-corrected chi connectivity index (χ4v) is 2.56. The van der Waals surface area contributed by atoms with Gasteiger partial charge >= 0.3 is 5.97 Å². The number of methoxy groups -OCH3 is 1. The Morgan fingerprint density at radius 3 is 2.90 bits per heavy atom.